The summed E-state index contributed by atoms with van der Waals surface area (Å²) in [6, 6.07) is 1.52. The van der Waals surface area contributed by atoms with Gasteiger partial charge >= 0.3 is 0 Å². The molecule has 19 heavy (non-hydrogen) atoms. The molecule has 1 saturated heterocycles. The highest BCUT2D eigenvalue weighted by atomic mass is 35.5. The van der Waals surface area contributed by atoms with E-state index in [9.17, 15) is 4.79 Å². The Labute approximate surface area is 122 Å². The Hall–Kier alpha value is -0.840. The number of nitrogens with one attached hydrogen (secondary N) is 1. The molecule has 1 aliphatic rings. The predicted molar refractivity (Wildman–Crippen MR) is 74.7 cm³/mol. The smallest absolute Gasteiger partial charge is 0.252 e. The number of rotatable bonds is 4. The van der Waals surface area contributed by atoms with Gasteiger partial charge in [-0.3, -0.25) is 4.79 Å². The minimum Gasteiger partial charge on any atom is -0.378 e. The van der Waals surface area contributed by atoms with Crippen molar-refractivity contribution in [3.63, 3.8) is 0 Å². The first-order valence-corrected chi connectivity index (χ1v) is 7.08. The highest BCUT2D eigenvalue weighted by molar-refractivity contribution is 6.41. The molecule has 2 unspecified atom stereocenters. The molecular formula is C13H16Cl2N2O2. The fraction of sp³-hybridized carbons (Fsp3) is 0.538. The Kier molecular flexibility index (Phi) is 5.02. The van der Waals surface area contributed by atoms with E-state index in [4.69, 9.17) is 27.9 Å². The molecule has 0 saturated carbocycles. The van der Waals surface area contributed by atoms with Gasteiger partial charge in [0.05, 0.1) is 16.7 Å². The first-order valence-electron chi connectivity index (χ1n) is 6.32. The lowest BCUT2D eigenvalue weighted by molar-refractivity contribution is 0.0826. The van der Waals surface area contributed by atoms with E-state index in [0.717, 1.165) is 19.4 Å². The largest absolute Gasteiger partial charge is 0.378 e. The number of pyridine rings is 1. The van der Waals surface area contributed by atoms with Crippen LogP contribution in [-0.2, 0) is 4.74 Å². The van der Waals surface area contributed by atoms with Crippen molar-refractivity contribution in [3.8, 4) is 0 Å². The predicted octanol–water partition coefficient (Wildman–Crippen LogP) is 2.93. The molecule has 4 nitrogen and oxygen atoms in total. The Morgan fingerprint density at radius 3 is 3.05 bits per heavy atom. The number of ether oxygens (including phenoxy) is 1. The first kappa shape index (κ1) is 14.6. The zero-order chi connectivity index (χ0) is 13.8. The van der Waals surface area contributed by atoms with E-state index in [1.165, 1.54) is 12.3 Å². The number of hydrogen-bond donors (Lipinski definition) is 1. The third kappa shape index (κ3) is 3.59. The van der Waals surface area contributed by atoms with Gasteiger partial charge in [-0.05, 0) is 18.9 Å². The van der Waals surface area contributed by atoms with Crippen LogP contribution in [-0.4, -0.2) is 30.1 Å². The molecule has 1 N–H and O–H groups in total. The maximum atomic E-state index is 12.0. The Morgan fingerprint density at radius 2 is 2.37 bits per heavy atom. The summed E-state index contributed by atoms with van der Waals surface area (Å²) in [5, 5.41) is 3.38. The molecule has 1 amide bonds. The number of nitrogens with zero attached hydrogens (tertiary/aromatic N) is 1. The van der Waals surface area contributed by atoms with Crippen LogP contribution in [0.5, 0.6) is 0 Å². The van der Waals surface area contributed by atoms with Crippen molar-refractivity contribution in [3.05, 3.63) is 28.0 Å². The number of halogens is 2. The molecule has 1 aliphatic heterocycles. The number of amides is 1. The van der Waals surface area contributed by atoms with Gasteiger partial charge in [-0.1, -0.05) is 30.1 Å². The van der Waals surface area contributed by atoms with E-state index in [0.29, 0.717) is 18.0 Å². The summed E-state index contributed by atoms with van der Waals surface area (Å²) in [5.74, 6) is 0.192. The summed E-state index contributed by atoms with van der Waals surface area (Å²) in [4.78, 5) is 15.8. The van der Waals surface area contributed by atoms with Gasteiger partial charge in [0.1, 0.15) is 5.15 Å². The summed E-state index contributed by atoms with van der Waals surface area (Å²) in [6.07, 6.45) is 3.62. The lowest BCUT2D eigenvalue weighted by Crippen LogP contribution is -2.32. The van der Waals surface area contributed by atoms with E-state index < -0.39 is 0 Å². The number of aromatic nitrogens is 1. The van der Waals surface area contributed by atoms with Crippen molar-refractivity contribution >= 4 is 29.1 Å². The van der Waals surface area contributed by atoms with E-state index in [1.807, 2.05) is 0 Å². The molecule has 0 bridgehead atoms. The van der Waals surface area contributed by atoms with Gasteiger partial charge in [-0.2, -0.15) is 0 Å². The molecule has 1 aromatic heterocycles. The van der Waals surface area contributed by atoms with E-state index in [2.05, 4.69) is 17.2 Å². The molecule has 104 valence electrons. The monoisotopic (exact) mass is 302 g/mol. The molecule has 1 aromatic rings. The van der Waals surface area contributed by atoms with Crippen LogP contribution >= 0.6 is 23.2 Å². The van der Waals surface area contributed by atoms with Crippen LogP contribution in [0.2, 0.25) is 10.2 Å². The van der Waals surface area contributed by atoms with Crippen LogP contribution in [0.1, 0.15) is 30.1 Å². The van der Waals surface area contributed by atoms with Gasteiger partial charge in [-0.15, -0.1) is 0 Å². The third-order valence-electron chi connectivity index (χ3n) is 3.33. The molecule has 1 fully saturated rings. The van der Waals surface area contributed by atoms with Crippen LogP contribution in [0, 0.1) is 5.92 Å². The summed E-state index contributed by atoms with van der Waals surface area (Å²) in [5.41, 5.74) is 0.418. The van der Waals surface area contributed by atoms with Gasteiger partial charge in [0.15, 0.2) is 0 Å². The number of carbonyl (C=O) groups is 1. The normalized spacial score (nSPS) is 22.5. The van der Waals surface area contributed by atoms with Crippen molar-refractivity contribution in [2.24, 2.45) is 5.92 Å². The van der Waals surface area contributed by atoms with Gasteiger partial charge in [0, 0.05) is 25.3 Å². The van der Waals surface area contributed by atoms with Crippen LogP contribution in [0.15, 0.2) is 12.3 Å². The van der Waals surface area contributed by atoms with Crippen LogP contribution in [0.4, 0.5) is 0 Å². The molecular weight excluding hydrogens is 287 g/mol. The van der Waals surface area contributed by atoms with E-state index in [1.54, 1.807) is 0 Å². The van der Waals surface area contributed by atoms with Gasteiger partial charge in [0.25, 0.3) is 5.91 Å². The SMILES string of the molecule is CCC1OCCC1CNC(=O)c1cnc(Cl)c(Cl)c1. The summed E-state index contributed by atoms with van der Waals surface area (Å²) >= 11 is 11.5. The van der Waals surface area contributed by atoms with E-state index >= 15 is 0 Å². The van der Waals surface area contributed by atoms with Crippen molar-refractivity contribution in [2.75, 3.05) is 13.2 Å². The minimum absolute atomic E-state index is 0.187. The molecule has 2 rings (SSSR count). The number of carbonyl (C=O) groups excluding carboxylic acids is 1. The fourth-order valence-corrected chi connectivity index (χ4v) is 2.52. The molecule has 6 heteroatoms. The summed E-state index contributed by atoms with van der Waals surface area (Å²) < 4.78 is 5.59. The zero-order valence-electron chi connectivity index (χ0n) is 10.7. The molecule has 2 atom stereocenters. The fourth-order valence-electron chi connectivity index (χ4n) is 2.25. The van der Waals surface area contributed by atoms with Crippen LogP contribution in [0.25, 0.3) is 0 Å². The molecule has 0 aromatic carbocycles. The maximum absolute atomic E-state index is 12.0. The van der Waals surface area contributed by atoms with Crippen LogP contribution < -0.4 is 5.32 Å². The Balaban J connectivity index is 1.92. The molecule has 2 heterocycles. The maximum Gasteiger partial charge on any atom is 0.252 e. The molecule has 0 spiro atoms. The third-order valence-corrected chi connectivity index (χ3v) is 4.02. The van der Waals surface area contributed by atoms with Crippen molar-refractivity contribution < 1.29 is 9.53 Å². The van der Waals surface area contributed by atoms with Crippen molar-refractivity contribution in [1.29, 1.82) is 0 Å². The minimum atomic E-state index is -0.187. The van der Waals surface area contributed by atoms with Gasteiger partial charge in [0.2, 0.25) is 0 Å². The number of hydrogen-bond acceptors (Lipinski definition) is 3. The lowest BCUT2D eigenvalue weighted by Gasteiger charge is -2.17. The van der Waals surface area contributed by atoms with E-state index in [-0.39, 0.29) is 22.2 Å². The van der Waals surface area contributed by atoms with Crippen LogP contribution in [0.3, 0.4) is 0 Å². The second-order valence-electron chi connectivity index (χ2n) is 4.57. The second kappa shape index (κ2) is 6.55. The first-order chi connectivity index (χ1) is 9.11. The highest BCUT2D eigenvalue weighted by Crippen LogP contribution is 2.23. The average molecular weight is 303 g/mol. The second-order valence-corrected chi connectivity index (χ2v) is 5.34. The van der Waals surface area contributed by atoms with Crippen molar-refractivity contribution in [1.82, 2.24) is 10.3 Å². The van der Waals surface area contributed by atoms with Gasteiger partial charge in [-0.25, -0.2) is 4.98 Å². The van der Waals surface area contributed by atoms with Gasteiger partial charge < -0.3 is 10.1 Å². The standard InChI is InChI=1S/C13H16Cl2N2O2/c1-2-11-8(3-4-19-11)6-17-13(18)9-5-10(14)12(15)16-7-9/h5,7-8,11H,2-4,6H2,1H3,(H,17,18). The lowest BCUT2D eigenvalue weighted by atomic mass is 9.99. The quantitative estimate of drug-likeness (QED) is 0.870. The Bertz CT molecular complexity index is 468. The average Bonchev–Trinajstić information content (AvgIpc) is 2.86. The summed E-state index contributed by atoms with van der Waals surface area (Å²) in [7, 11) is 0. The molecule has 0 radical (unpaired) electrons. The zero-order valence-corrected chi connectivity index (χ0v) is 12.2. The summed E-state index contributed by atoms with van der Waals surface area (Å²) in [6.45, 7) is 3.47. The molecule has 0 aliphatic carbocycles. The highest BCUT2D eigenvalue weighted by Gasteiger charge is 2.26. The topological polar surface area (TPSA) is 51.2 Å². The Morgan fingerprint density at radius 1 is 1.58 bits per heavy atom. The van der Waals surface area contributed by atoms with Crippen molar-refractivity contribution in [2.45, 2.75) is 25.9 Å².